The van der Waals surface area contributed by atoms with E-state index in [1.807, 2.05) is 0 Å². The molecule has 6 heteroatoms. The smallest absolute Gasteiger partial charge is 0.410 e. The molecule has 0 aromatic heterocycles. The minimum atomic E-state index is -0.921. The largest absolute Gasteiger partial charge is 0.469 e. The molecular weight excluding hydrogens is 262 g/mol. The fraction of sp³-hybridized carbons (Fsp3) is 0.857. The molecule has 20 heavy (non-hydrogen) atoms. The van der Waals surface area contributed by atoms with Crippen LogP contribution in [0.15, 0.2) is 0 Å². The molecule has 1 rings (SSSR count). The first-order valence-electron chi connectivity index (χ1n) is 6.99. The van der Waals surface area contributed by atoms with Crippen LogP contribution in [0.2, 0.25) is 0 Å². The summed E-state index contributed by atoms with van der Waals surface area (Å²) < 4.78 is 9.90. The fourth-order valence-electron chi connectivity index (χ4n) is 2.29. The number of amides is 1. The Morgan fingerprint density at radius 2 is 2.00 bits per heavy atom. The number of aliphatic hydroxyl groups is 1. The zero-order valence-electron chi connectivity index (χ0n) is 12.7. The summed E-state index contributed by atoms with van der Waals surface area (Å²) in [6.07, 6.45) is 0.988. The van der Waals surface area contributed by atoms with Gasteiger partial charge in [0.2, 0.25) is 0 Å². The number of piperidine rings is 1. The van der Waals surface area contributed by atoms with E-state index in [2.05, 4.69) is 4.74 Å². The van der Waals surface area contributed by atoms with Crippen LogP contribution in [0, 0.1) is 0 Å². The van der Waals surface area contributed by atoms with Crippen molar-refractivity contribution in [2.75, 3.05) is 13.7 Å². The van der Waals surface area contributed by atoms with Crippen LogP contribution in [0.1, 0.15) is 46.5 Å². The predicted octanol–water partition coefficient (Wildman–Crippen LogP) is 1.70. The second-order valence-corrected chi connectivity index (χ2v) is 6.08. The van der Waals surface area contributed by atoms with Crippen LogP contribution >= 0.6 is 0 Å². The van der Waals surface area contributed by atoms with Crippen molar-refractivity contribution < 1.29 is 24.2 Å². The standard InChI is InChI=1S/C14H25NO5/c1-14(2,3)20-13(18)15-8-6-5-7-10(15)11(16)9-12(17)19-4/h10-11,16H,5-9H2,1-4H3/t10?,11-/m0/s1. The lowest BCUT2D eigenvalue weighted by Crippen LogP contribution is -2.51. The summed E-state index contributed by atoms with van der Waals surface area (Å²) in [5.41, 5.74) is -0.577. The maximum Gasteiger partial charge on any atom is 0.410 e. The molecule has 0 spiro atoms. The monoisotopic (exact) mass is 287 g/mol. The SMILES string of the molecule is COC(=O)C[C@H](O)C1CCCCN1C(=O)OC(C)(C)C. The van der Waals surface area contributed by atoms with Crippen LogP contribution in [0.25, 0.3) is 0 Å². The Hall–Kier alpha value is -1.30. The highest BCUT2D eigenvalue weighted by molar-refractivity contribution is 5.71. The van der Waals surface area contributed by atoms with Crippen LogP contribution < -0.4 is 0 Å². The average molecular weight is 287 g/mol. The van der Waals surface area contributed by atoms with Gasteiger partial charge in [-0.15, -0.1) is 0 Å². The van der Waals surface area contributed by atoms with E-state index < -0.39 is 29.8 Å². The molecule has 6 nitrogen and oxygen atoms in total. The van der Waals surface area contributed by atoms with Gasteiger partial charge in [0.25, 0.3) is 0 Å². The van der Waals surface area contributed by atoms with Crippen molar-refractivity contribution in [3.05, 3.63) is 0 Å². The zero-order valence-corrected chi connectivity index (χ0v) is 12.7. The molecular formula is C14H25NO5. The quantitative estimate of drug-likeness (QED) is 0.800. The molecule has 1 heterocycles. The van der Waals surface area contributed by atoms with E-state index in [1.54, 1.807) is 20.8 Å². The van der Waals surface area contributed by atoms with E-state index in [0.717, 1.165) is 12.8 Å². The number of hydrogen-bond donors (Lipinski definition) is 1. The van der Waals surface area contributed by atoms with Crippen LogP contribution in [-0.4, -0.2) is 53.5 Å². The summed E-state index contributed by atoms with van der Waals surface area (Å²) in [5, 5.41) is 10.1. The second-order valence-electron chi connectivity index (χ2n) is 6.08. The van der Waals surface area contributed by atoms with Crippen molar-refractivity contribution in [2.45, 2.75) is 64.2 Å². The van der Waals surface area contributed by atoms with E-state index >= 15 is 0 Å². The van der Waals surface area contributed by atoms with E-state index in [9.17, 15) is 14.7 Å². The van der Waals surface area contributed by atoms with E-state index in [1.165, 1.54) is 12.0 Å². The van der Waals surface area contributed by atoms with E-state index in [-0.39, 0.29) is 6.42 Å². The lowest BCUT2D eigenvalue weighted by atomic mass is 9.96. The van der Waals surface area contributed by atoms with Gasteiger partial charge in [-0.25, -0.2) is 4.79 Å². The van der Waals surface area contributed by atoms with Gasteiger partial charge in [0, 0.05) is 6.54 Å². The Bertz CT molecular complexity index is 350. The topological polar surface area (TPSA) is 76.1 Å². The van der Waals surface area contributed by atoms with Crippen LogP contribution in [0.3, 0.4) is 0 Å². The van der Waals surface area contributed by atoms with Crippen LogP contribution in [-0.2, 0) is 14.3 Å². The maximum absolute atomic E-state index is 12.2. The molecule has 2 atom stereocenters. The molecule has 0 bridgehead atoms. The molecule has 116 valence electrons. The van der Waals surface area contributed by atoms with Crippen molar-refractivity contribution >= 4 is 12.1 Å². The molecule has 0 radical (unpaired) electrons. The number of esters is 1. The third kappa shape index (κ3) is 5.00. The van der Waals surface area contributed by atoms with Gasteiger partial charge < -0.3 is 19.5 Å². The van der Waals surface area contributed by atoms with Gasteiger partial charge in [-0.2, -0.15) is 0 Å². The number of carbonyl (C=O) groups is 2. The Labute approximate surface area is 120 Å². The van der Waals surface area contributed by atoms with Gasteiger partial charge in [0.05, 0.1) is 25.7 Å². The molecule has 0 saturated carbocycles. The third-order valence-corrected chi connectivity index (χ3v) is 3.22. The second kappa shape index (κ2) is 6.92. The van der Waals surface area contributed by atoms with Crippen molar-refractivity contribution in [1.29, 1.82) is 0 Å². The Kier molecular flexibility index (Phi) is 5.80. The number of rotatable bonds is 3. The number of likely N-dealkylation sites (tertiary alicyclic amines) is 1. The highest BCUT2D eigenvalue weighted by Gasteiger charge is 2.35. The number of nitrogens with zero attached hydrogens (tertiary/aromatic N) is 1. The maximum atomic E-state index is 12.2. The number of aliphatic hydroxyl groups excluding tert-OH is 1. The van der Waals surface area contributed by atoms with Gasteiger partial charge in [-0.05, 0) is 40.0 Å². The summed E-state index contributed by atoms with van der Waals surface area (Å²) in [6, 6.07) is -0.391. The summed E-state index contributed by atoms with van der Waals surface area (Å²) >= 11 is 0. The van der Waals surface area contributed by atoms with Crippen molar-refractivity contribution in [3.8, 4) is 0 Å². The van der Waals surface area contributed by atoms with Gasteiger partial charge in [-0.1, -0.05) is 0 Å². The van der Waals surface area contributed by atoms with Gasteiger partial charge in [0.15, 0.2) is 0 Å². The van der Waals surface area contributed by atoms with Gasteiger partial charge in [0.1, 0.15) is 5.60 Å². The fourth-order valence-corrected chi connectivity index (χ4v) is 2.29. The average Bonchev–Trinajstić information content (AvgIpc) is 2.36. The molecule has 1 N–H and O–H groups in total. The number of hydrogen-bond acceptors (Lipinski definition) is 5. The van der Waals surface area contributed by atoms with Crippen molar-refractivity contribution in [2.24, 2.45) is 0 Å². The number of ether oxygens (including phenoxy) is 2. The van der Waals surface area contributed by atoms with Crippen molar-refractivity contribution in [1.82, 2.24) is 4.90 Å². The first-order valence-corrected chi connectivity index (χ1v) is 6.99. The Morgan fingerprint density at radius 3 is 2.55 bits per heavy atom. The highest BCUT2D eigenvalue weighted by atomic mass is 16.6. The third-order valence-electron chi connectivity index (χ3n) is 3.22. The molecule has 1 unspecified atom stereocenters. The lowest BCUT2D eigenvalue weighted by Gasteiger charge is -2.38. The van der Waals surface area contributed by atoms with Gasteiger partial charge >= 0.3 is 12.1 Å². The molecule has 1 fully saturated rings. The number of carbonyl (C=O) groups excluding carboxylic acids is 2. The first kappa shape index (κ1) is 16.8. The van der Waals surface area contributed by atoms with Crippen LogP contribution in [0.5, 0.6) is 0 Å². The predicted molar refractivity (Wildman–Crippen MR) is 73.2 cm³/mol. The minimum Gasteiger partial charge on any atom is -0.469 e. The highest BCUT2D eigenvalue weighted by Crippen LogP contribution is 2.24. The normalized spacial score (nSPS) is 21.2. The number of methoxy groups -OCH3 is 1. The summed E-state index contributed by atoms with van der Waals surface area (Å²) in [4.78, 5) is 24.9. The van der Waals surface area contributed by atoms with Gasteiger partial charge in [-0.3, -0.25) is 4.79 Å². The molecule has 1 aliphatic rings. The molecule has 0 aliphatic carbocycles. The van der Waals surface area contributed by atoms with E-state index in [0.29, 0.717) is 13.0 Å². The van der Waals surface area contributed by atoms with Crippen LogP contribution in [0.4, 0.5) is 4.79 Å². The zero-order chi connectivity index (χ0) is 15.3. The minimum absolute atomic E-state index is 0.111. The summed E-state index contributed by atoms with van der Waals surface area (Å²) in [5.74, 6) is -0.479. The first-order chi connectivity index (χ1) is 9.24. The van der Waals surface area contributed by atoms with E-state index in [4.69, 9.17) is 4.74 Å². The lowest BCUT2D eigenvalue weighted by molar-refractivity contribution is -0.144. The van der Waals surface area contributed by atoms with Crippen molar-refractivity contribution in [3.63, 3.8) is 0 Å². The Morgan fingerprint density at radius 1 is 1.35 bits per heavy atom. The molecule has 1 aliphatic heterocycles. The molecule has 1 amide bonds. The Balaban J connectivity index is 2.70. The molecule has 0 aromatic rings. The molecule has 0 aromatic carbocycles. The summed E-state index contributed by atoms with van der Waals surface area (Å²) in [7, 11) is 1.28. The molecule has 1 saturated heterocycles. The summed E-state index contributed by atoms with van der Waals surface area (Å²) in [6.45, 7) is 5.94.